The van der Waals surface area contributed by atoms with Crippen LogP contribution in [0.1, 0.15) is 10.4 Å². The van der Waals surface area contributed by atoms with Crippen LogP contribution in [0.3, 0.4) is 0 Å². The van der Waals surface area contributed by atoms with Gasteiger partial charge in [0.25, 0.3) is 5.91 Å². The fraction of sp³-hybridized carbons (Fsp3) is 0.133. The molecule has 0 aliphatic heterocycles. The molecule has 2 aromatic carbocycles. The lowest BCUT2D eigenvalue weighted by Crippen LogP contribution is -2.14. The lowest BCUT2D eigenvalue weighted by Gasteiger charge is -2.12. The highest BCUT2D eigenvalue weighted by atomic mass is 35.5. The van der Waals surface area contributed by atoms with Gasteiger partial charge in [-0.05, 0) is 24.3 Å². The van der Waals surface area contributed by atoms with Crippen LogP contribution in [0.5, 0.6) is 0 Å². The number of benzene rings is 2. The van der Waals surface area contributed by atoms with Crippen LogP contribution in [0.25, 0.3) is 0 Å². The Balaban J connectivity index is 2.22. The molecule has 0 saturated carbocycles. The van der Waals surface area contributed by atoms with E-state index in [4.69, 9.17) is 23.2 Å². The molecule has 9 heteroatoms. The second-order valence-corrected chi connectivity index (χ2v) is 6.43. The van der Waals surface area contributed by atoms with Gasteiger partial charge >= 0.3 is 6.18 Å². The maximum absolute atomic E-state index is 13.5. The zero-order chi connectivity index (χ0) is 17.9. The zero-order valence-corrected chi connectivity index (χ0v) is 14.1. The molecule has 1 N–H and O–H groups in total. The van der Waals surface area contributed by atoms with E-state index in [0.29, 0.717) is 11.8 Å². The number of hydrogen-bond acceptors (Lipinski definition) is 2. The van der Waals surface area contributed by atoms with Crippen molar-refractivity contribution >= 4 is 46.6 Å². The molecular weight excluding hydrogens is 389 g/mol. The molecule has 2 nitrogen and oxygen atoms in total. The zero-order valence-electron chi connectivity index (χ0n) is 11.8. The molecule has 0 atom stereocenters. The van der Waals surface area contributed by atoms with Gasteiger partial charge in [0.2, 0.25) is 0 Å². The molecule has 2 aromatic rings. The van der Waals surface area contributed by atoms with E-state index < -0.39 is 23.7 Å². The summed E-state index contributed by atoms with van der Waals surface area (Å²) in [5.74, 6) is -2.68. The van der Waals surface area contributed by atoms with Crippen molar-refractivity contribution in [2.75, 3.05) is 11.1 Å². The van der Waals surface area contributed by atoms with Gasteiger partial charge in [-0.1, -0.05) is 35.3 Å². The highest BCUT2D eigenvalue weighted by Crippen LogP contribution is 2.33. The van der Waals surface area contributed by atoms with Gasteiger partial charge in [0.05, 0.1) is 27.0 Å². The Morgan fingerprint density at radius 1 is 1.12 bits per heavy atom. The standard InChI is InChI=1S/C15H9Cl2F4NOS/c16-9-6-10(17)11(18)5-8(9)14(23)22-12-3-1-2-4-13(12)24-7-15(19,20)21/h1-6H,7H2,(H,22,23). The largest absolute Gasteiger partial charge is 0.398 e. The smallest absolute Gasteiger partial charge is 0.321 e. The Kier molecular flexibility index (Phi) is 6.01. The van der Waals surface area contributed by atoms with E-state index in [1.54, 1.807) is 12.1 Å². The SMILES string of the molecule is O=C(Nc1ccccc1SCC(F)(F)F)c1cc(F)c(Cl)cc1Cl. The second kappa shape index (κ2) is 7.63. The molecule has 0 aliphatic carbocycles. The van der Waals surface area contributed by atoms with Crippen molar-refractivity contribution in [2.24, 2.45) is 0 Å². The van der Waals surface area contributed by atoms with Crippen molar-refractivity contribution in [3.05, 3.63) is 57.8 Å². The van der Waals surface area contributed by atoms with Gasteiger partial charge in [0.15, 0.2) is 0 Å². The average molecular weight is 398 g/mol. The van der Waals surface area contributed by atoms with E-state index in [9.17, 15) is 22.4 Å². The predicted molar refractivity (Wildman–Crippen MR) is 87.6 cm³/mol. The van der Waals surface area contributed by atoms with Crippen molar-refractivity contribution < 1.29 is 22.4 Å². The van der Waals surface area contributed by atoms with Crippen molar-refractivity contribution in [1.82, 2.24) is 0 Å². The van der Waals surface area contributed by atoms with E-state index in [1.807, 2.05) is 0 Å². The Bertz CT molecular complexity index is 768. The summed E-state index contributed by atoms with van der Waals surface area (Å²) < 4.78 is 50.6. The van der Waals surface area contributed by atoms with Gasteiger partial charge in [-0.2, -0.15) is 13.2 Å². The molecule has 1 amide bonds. The minimum Gasteiger partial charge on any atom is -0.321 e. The third-order valence-electron chi connectivity index (χ3n) is 2.78. The Labute approximate surface area is 149 Å². The Morgan fingerprint density at radius 3 is 2.46 bits per heavy atom. The number of carbonyl (C=O) groups is 1. The predicted octanol–water partition coefficient (Wildman–Crippen LogP) is 6.04. The molecule has 0 bridgehead atoms. The third-order valence-corrected chi connectivity index (χ3v) is 4.52. The summed E-state index contributed by atoms with van der Waals surface area (Å²) in [6.45, 7) is 0. The summed E-state index contributed by atoms with van der Waals surface area (Å²) in [5.41, 5.74) is -0.00244. The molecule has 0 aromatic heterocycles. The number of hydrogen-bond donors (Lipinski definition) is 1. The van der Waals surface area contributed by atoms with Crippen LogP contribution < -0.4 is 5.32 Å². The maximum atomic E-state index is 13.5. The summed E-state index contributed by atoms with van der Waals surface area (Å²) in [5, 5.41) is 2.12. The summed E-state index contributed by atoms with van der Waals surface area (Å²) in [6.07, 6.45) is -4.34. The highest BCUT2D eigenvalue weighted by Gasteiger charge is 2.27. The molecule has 0 aliphatic rings. The molecule has 0 saturated heterocycles. The molecule has 0 fully saturated rings. The second-order valence-electron chi connectivity index (χ2n) is 4.60. The number of anilines is 1. The van der Waals surface area contributed by atoms with Gasteiger partial charge in [0.1, 0.15) is 5.82 Å². The number of amides is 1. The first-order chi connectivity index (χ1) is 11.2. The Hall–Kier alpha value is -1.44. The van der Waals surface area contributed by atoms with E-state index in [2.05, 4.69) is 5.32 Å². The number of thioether (sulfide) groups is 1. The topological polar surface area (TPSA) is 29.1 Å². The molecule has 0 heterocycles. The third kappa shape index (κ3) is 5.03. The van der Waals surface area contributed by atoms with E-state index in [-0.39, 0.29) is 26.2 Å². The van der Waals surface area contributed by atoms with Crippen LogP contribution in [0.4, 0.5) is 23.2 Å². The van der Waals surface area contributed by atoms with Crippen molar-refractivity contribution in [3.8, 4) is 0 Å². The van der Waals surface area contributed by atoms with Crippen LogP contribution in [-0.4, -0.2) is 17.8 Å². The number of rotatable bonds is 4. The molecule has 0 unspecified atom stereocenters. The monoisotopic (exact) mass is 397 g/mol. The van der Waals surface area contributed by atoms with E-state index in [1.165, 1.54) is 12.1 Å². The van der Waals surface area contributed by atoms with E-state index in [0.717, 1.165) is 12.1 Å². The normalized spacial score (nSPS) is 11.4. The summed E-state index contributed by atoms with van der Waals surface area (Å²) in [6, 6.07) is 7.93. The minimum atomic E-state index is -4.34. The summed E-state index contributed by atoms with van der Waals surface area (Å²) in [7, 11) is 0. The molecule has 2 rings (SSSR count). The molecule has 24 heavy (non-hydrogen) atoms. The van der Waals surface area contributed by atoms with Gasteiger partial charge in [-0.25, -0.2) is 4.39 Å². The lowest BCUT2D eigenvalue weighted by molar-refractivity contribution is -0.105. The van der Waals surface area contributed by atoms with Gasteiger partial charge in [0, 0.05) is 4.90 Å². The summed E-state index contributed by atoms with van der Waals surface area (Å²) in [4.78, 5) is 12.4. The van der Waals surface area contributed by atoms with Crippen molar-refractivity contribution in [2.45, 2.75) is 11.1 Å². The van der Waals surface area contributed by atoms with Gasteiger partial charge < -0.3 is 5.32 Å². The van der Waals surface area contributed by atoms with E-state index >= 15 is 0 Å². The molecule has 128 valence electrons. The summed E-state index contributed by atoms with van der Waals surface area (Å²) >= 11 is 11.9. The first-order valence-corrected chi connectivity index (χ1v) is 8.16. The molecule has 0 spiro atoms. The van der Waals surface area contributed by atoms with Crippen molar-refractivity contribution in [1.29, 1.82) is 0 Å². The molecule has 0 radical (unpaired) electrons. The van der Waals surface area contributed by atoms with Crippen molar-refractivity contribution in [3.63, 3.8) is 0 Å². The van der Waals surface area contributed by atoms with Gasteiger partial charge in [-0.15, -0.1) is 11.8 Å². The highest BCUT2D eigenvalue weighted by molar-refractivity contribution is 7.99. The van der Waals surface area contributed by atoms with Crippen LogP contribution in [0.2, 0.25) is 10.0 Å². The van der Waals surface area contributed by atoms with Gasteiger partial charge in [-0.3, -0.25) is 4.79 Å². The van der Waals surface area contributed by atoms with Crippen LogP contribution in [0.15, 0.2) is 41.3 Å². The average Bonchev–Trinajstić information content (AvgIpc) is 2.49. The minimum absolute atomic E-state index is 0.0701. The number of carbonyl (C=O) groups excluding carboxylic acids is 1. The fourth-order valence-corrected chi connectivity index (χ4v) is 2.98. The lowest BCUT2D eigenvalue weighted by atomic mass is 10.2. The van der Waals surface area contributed by atoms with Crippen LogP contribution in [0, 0.1) is 5.82 Å². The Morgan fingerprint density at radius 2 is 1.79 bits per heavy atom. The number of nitrogens with one attached hydrogen (secondary N) is 1. The fourth-order valence-electron chi connectivity index (χ4n) is 1.74. The quantitative estimate of drug-likeness (QED) is 0.387. The number of para-hydroxylation sites is 1. The van der Waals surface area contributed by atoms with Crippen LogP contribution >= 0.6 is 35.0 Å². The molecular formula is C15H9Cl2F4NOS. The first-order valence-electron chi connectivity index (χ1n) is 6.42. The number of halogens is 6. The van der Waals surface area contributed by atoms with Crippen LogP contribution in [-0.2, 0) is 0 Å². The number of alkyl halides is 3. The maximum Gasteiger partial charge on any atom is 0.398 e. The first kappa shape index (κ1) is 18.9.